The molecule has 0 atom stereocenters. The van der Waals surface area contributed by atoms with Gasteiger partial charge < -0.3 is 19.4 Å². The molecule has 184 valence electrons. The molecule has 0 spiro atoms. The number of aromatic nitrogens is 3. The first-order chi connectivity index (χ1) is 17.9. The Labute approximate surface area is 212 Å². The summed E-state index contributed by atoms with van der Waals surface area (Å²) in [4.78, 5) is 40.2. The normalized spacial score (nSPS) is 12.3. The van der Waals surface area contributed by atoms with Crippen LogP contribution < -0.4 is 15.0 Å². The fourth-order valence-electron chi connectivity index (χ4n) is 4.79. The summed E-state index contributed by atoms with van der Waals surface area (Å²) in [6.07, 6.45) is 3.21. The Morgan fingerprint density at radius 3 is 2.59 bits per heavy atom. The van der Waals surface area contributed by atoms with Crippen molar-refractivity contribution in [2.24, 2.45) is 0 Å². The van der Waals surface area contributed by atoms with Crippen molar-refractivity contribution in [3.63, 3.8) is 0 Å². The van der Waals surface area contributed by atoms with Gasteiger partial charge in [-0.15, -0.1) is 0 Å². The molecule has 0 unspecified atom stereocenters. The van der Waals surface area contributed by atoms with Crippen molar-refractivity contribution in [3.8, 4) is 11.5 Å². The summed E-state index contributed by atoms with van der Waals surface area (Å²) in [6, 6.07) is 16.8. The molecule has 0 saturated carbocycles. The standard InChI is InChI=1S/C29H24N4O4/c1-17-9-18(2)27-21(10-17)12-22(28(34)32-27)15-33(14-19-3-6-25-26(11-19)37-16-36-25)29(35)20-4-5-23-24(13-20)31-8-7-30-23/h3-13H,14-16H2,1-2H3,(H,32,34). The summed E-state index contributed by atoms with van der Waals surface area (Å²) in [5.74, 6) is 1.09. The second kappa shape index (κ2) is 9.05. The summed E-state index contributed by atoms with van der Waals surface area (Å²) in [5, 5.41) is 0.934. The molecule has 0 radical (unpaired) electrons. The van der Waals surface area contributed by atoms with E-state index in [0.29, 0.717) is 33.7 Å². The van der Waals surface area contributed by atoms with E-state index in [1.54, 1.807) is 35.5 Å². The molecule has 1 aliphatic heterocycles. The van der Waals surface area contributed by atoms with Crippen molar-refractivity contribution < 1.29 is 14.3 Å². The van der Waals surface area contributed by atoms with Crippen molar-refractivity contribution in [3.05, 3.63) is 105 Å². The number of carbonyl (C=O) groups is 1. The largest absolute Gasteiger partial charge is 0.454 e. The van der Waals surface area contributed by atoms with Gasteiger partial charge in [-0.3, -0.25) is 19.6 Å². The van der Waals surface area contributed by atoms with Crippen LogP contribution in [0.15, 0.2) is 71.8 Å². The van der Waals surface area contributed by atoms with Crippen LogP contribution in [0.2, 0.25) is 0 Å². The number of nitrogens with one attached hydrogen (secondary N) is 1. The summed E-state index contributed by atoms with van der Waals surface area (Å²) >= 11 is 0. The molecular formula is C29H24N4O4. The fraction of sp³-hybridized carbons (Fsp3) is 0.172. The van der Waals surface area contributed by atoms with Crippen molar-refractivity contribution >= 4 is 27.8 Å². The van der Waals surface area contributed by atoms with Gasteiger partial charge >= 0.3 is 0 Å². The third-order valence-corrected chi connectivity index (χ3v) is 6.55. The van der Waals surface area contributed by atoms with Crippen molar-refractivity contribution in [1.82, 2.24) is 19.9 Å². The Bertz CT molecular complexity index is 1740. The molecule has 8 heteroatoms. The van der Waals surface area contributed by atoms with Gasteiger partial charge in [0.25, 0.3) is 11.5 Å². The molecule has 6 rings (SSSR count). The first-order valence-electron chi connectivity index (χ1n) is 12.0. The van der Waals surface area contributed by atoms with Crippen LogP contribution in [0.3, 0.4) is 0 Å². The maximum absolute atomic E-state index is 13.8. The van der Waals surface area contributed by atoms with Gasteiger partial charge in [0.1, 0.15) is 0 Å². The molecule has 5 aromatic rings. The maximum Gasteiger partial charge on any atom is 0.254 e. The molecule has 0 saturated heterocycles. The highest BCUT2D eigenvalue weighted by atomic mass is 16.7. The molecule has 3 heterocycles. The monoisotopic (exact) mass is 492 g/mol. The van der Waals surface area contributed by atoms with Crippen molar-refractivity contribution in [2.75, 3.05) is 6.79 Å². The average Bonchev–Trinajstić information content (AvgIpc) is 3.36. The Hall–Kier alpha value is -4.72. The Kier molecular flexibility index (Phi) is 5.56. The molecular weight excluding hydrogens is 468 g/mol. The molecule has 1 amide bonds. The number of aromatic amines is 1. The number of pyridine rings is 1. The zero-order valence-corrected chi connectivity index (χ0v) is 20.4. The number of ether oxygens (including phenoxy) is 2. The molecule has 1 N–H and O–H groups in total. The van der Waals surface area contributed by atoms with E-state index in [4.69, 9.17) is 9.47 Å². The molecule has 0 bridgehead atoms. The second-order valence-corrected chi connectivity index (χ2v) is 9.28. The third-order valence-electron chi connectivity index (χ3n) is 6.55. The van der Waals surface area contributed by atoms with Gasteiger partial charge in [-0.1, -0.05) is 17.7 Å². The first kappa shape index (κ1) is 22.7. The van der Waals surface area contributed by atoms with E-state index >= 15 is 0 Å². The number of fused-ring (bicyclic) bond motifs is 3. The van der Waals surface area contributed by atoms with Gasteiger partial charge in [0.2, 0.25) is 6.79 Å². The maximum atomic E-state index is 13.8. The van der Waals surface area contributed by atoms with Gasteiger partial charge in [0, 0.05) is 30.1 Å². The number of benzene rings is 3. The zero-order chi connectivity index (χ0) is 25.5. The van der Waals surface area contributed by atoms with E-state index < -0.39 is 0 Å². The lowest BCUT2D eigenvalue weighted by Crippen LogP contribution is -2.32. The SMILES string of the molecule is Cc1cc(C)c2[nH]c(=O)c(CN(Cc3ccc4c(c3)OCO4)C(=O)c3ccc4nccnc4c3)cc2c1. The van der Waals surface area contributed by atoms with Crippen LogP contribution in [-0.2, 0) is 13.1 Å². The second-order valence-electron chi connectivity index (χ2n) is 9.28. The van der Waals surface area contributed by atoms with Crippen LogP contribution >= 0.6 is 0 Å². The number of amides is 1. The number of hydrogen-bond donors (Lipinski definition) is 1. The van der Waals surface area contributed by atoms with Gasteiger partial charge in [-0.25, -0.2) is 0 Å². The lowest BCUT2D eigenvalue weighted by atomic mass is 10.0. The highest BCUT2D eigenvalue weighted by Gasteiger charge is 2.21. The van der Waals surface area contributed by atoms with E-state index in [-0.39, 0.29) is 31.3 Å². The molecule has 2 aromatic heterocycles. The number of rotatable bonds is 5. The Morgan fingerprint density at radius 2 is 1.73 bits per heavy atom. The van der Waals surface area contributed by atoms with Gasteiger partial charge in [0.05, 0.1) is 23.1 Å². The first-order valence-corrected chi connectivity index (χ1v) is 12.0. The minimum atomic E-state index is -0.217. The van der Waals surface area contributed by atoms with Gasteiger partial charge in [-0.2, -0.15) is 0 Å². The smallest absolute Gasteiger partial charge is 0.254 e. The molecule has 0 aliphatic carbocycles. The molecule has 3 aromatic carbocycles. The number of H-pyrrole nitrogens is 1. The molecule has 1 aliphatic rings. The van der Waals surface area contributed by atoms with Gasteiger partial charge in [0.15, 0.2) is 11.5 Å². The summed E-state index contributed by atoms with van der Waals surface area (Å²) in [5.41, 5.74) is 5.88. The number of carbonyl (C=O) groups excluding carboxylic acids is 1. The van der Waals surface area contributed by atoms with Crippen LogP contribution in [0.25, 0.3) is 21.9 Å². The van der Waals surface area contributed by atoms with Crippen LogP contribution in [0, 0.1) is 13.8 Å². The quantitative estimate of drug-likeness (QED) is 0.383. The van der Waals surface area contributed by atoms with Crippen LogP contribution in [0.5, 0.6) is 11.5 Å². The lowest BCUT2D eigenvalue weighted by Gasteiger charge is -2.23. The van der Waals surface area contributed by atoms with Crippen LogP contribution in [0.1, 0.15) is 32.6 Å². The number of aryl methyl sites for hydroxylation is 2. The summed E-state index contributed by atoms with van der Waals surface area (Å²) in [6.45, 7) is 4.57. The Morgan fingerprint density at radius 1 is 0.919 bits per heavy atom. The zero-order valence-electron chi connectivity index (χ0n) is 20.4. The fourth-order valence-corrected chi connectivity index (χ4v) is 4.79. The molecule has 37 heavy (non-hydrogen) atoms. The third kappa shape index (κ3) is 4.38. The van der Waals surface area contributed by atoms with Gasteiger partial charge in [-0.05, 0) is 72.8 Å². The highest BCUT2D eigenvalue weighted by molar-refractivity contribution is 5.97. The number of hydrogen-bond acceptors (Lipinski definition) is 6. The minimum Gasteiger partial charge on any atom is -0.454 e. The summed E-state index contributed by atoms with van der Waals surface area (Å²) < 4.78 is 11.0. The van der Waals surface area contributed by atoms with Crippen molar-refractivity contribution in [2.45, 2.75) is 26.9 Å². The predicted octanol–water partition coefficient (Wildman–Crippen LogP) is 4.66. The number of nitrogens with zero attached hydrogens (tertiary/aromatic N) is 3. The van der Waals surface area contributed by atoms with E-state index in [1.807, 2.05) is 50.2 Å². The molecule has 8 nitrogen and oxygen atoms in total. The van der Waals surface area contributed by atoms with Crippen LogP contribution in [0.4, 0.5) is 0 Å². The Balaban J connectivity index is 1.40. The topological polar surface area (TPSA) is 97.4 Å². The van der Waals surface area contributed by atoms with Crippen molar-refractivity contribution in [1.29, 1.82) is 0 Å². The predicted molar refractivity (Wildman–Crippen MR) is 140 cm³/mol. The highest BCUT2D eigenvalue weighted by Crippen LogP contribution is 2.33. The van der Waals surface area contributed by atoms with E-state index in [1.165, 1.54) is 0 Å². The van der Waals surface area contributed by atoms with Crippen LogP contribution in [-0.4, -0.2) is 32.6 Å². The molecule has 0 fully saturated rings. The van der Waals surface area contributed by atoms with E-state index in [2.05, 4.69) is 15.0 Å². The average molecular weight is 493 g/mol. The van der Waals surface area contributed by atoms with E-state index in [9.17, 15) is 9.59 Å². The summed E-state index contributed by atoms with van der Waals surface area (Å²) in [7, 11) is 0. The lowest BCUT2D eigenvalue weighted by molar-refractivity contribution is 0.0729. The minimum absolute atomic E-state index is 0.129. The van der Waals surface area contributed by atoms with E-state index in [0.717, 1.165) is 27.6 Å².